The Morgan fingerprint density at radius 2 is 2.33 bits per heavy atom. The van der Waals surface area contributed by atoms with Gasteiger partial charge in [-0.05, 0) is 37.0 Å². The first-order valence-corrected chi connectivity index (χ1v) is 6.00. The lowest BCUT2D eigenvalue weighted by atomic mass is 10.2. The molecule has 1 aliphatic rings. The molecule has 0 aliphatic heterocycles. The van der Waals surface area contributed by atoms with Crippen LogP contribution < -0.4 is 16.4 Å². The Hall–Kier alpha value is -2.06. The highest BCUT2D eigenvalue weighted by Gasteiger charge is 2.31. The summed E-state index contributed by atoms with van der Waals surface area (Å²) < 4.78 is 0. The van der Waals surface area contributed by atoms with Crippen molar-refractivity contribution in [1.82, 2.24) is 5.32 Å². The molecule has 0 bridgehead atoms. The molecule has 1 unspecified atom stereocenters. The lowest BCUT2D eigenvalue weighted by Gasteiger charge is -2.16. The smallest absolute Gasteiger partial charge is 0.319 e. The third-order valence-corrected chi connectivity index (χ3v) is 3.01. The Kier molecular flexibility index (Phi) is 3.80. The number of rotatable bonds is 4. The van der Waals surface area contributed by atoms with Gasteiger partial charge in [0.1, 0.15) is 0 Å². The minimum absolute atomic E-state index is 0.0455. The van der Waals surface area contributed by atoms with E-state index in [4.69, 9.17) is 11.0 Å². The quantitative estimate of drug-likeness (QED) is 0.748. The van der Waals surface area contributed by atoms with Gasteiger partial charge in [-0.3, -0.25) is 0 Å². The Morgan fingerprint density at radius 3 is 2.94 bits per heavy atom. The number of hydrogen-bond acceptors (Lipinski definition) is 3. The van der Waals surface area contributed by atoms with Gasteiger partial charge in [0.2, 0.25) is 0 Å². The zero-order valence-corrected chi connectivity index (χ0v) is 10.0. The van der Waals surface area contributed by atoms with Gasteiger partial charge < -0.3 is 16.4 Å². The molecule has 0 aromatic heterocycles. The maximum absolute atomic E-state index is 11.8. The number of nitrogens with one attached hydrogen (secondary N) is 2. The van der Waals surface area contributed by atoms with Crippen LogP contribution in [0.1, 0.15) is 18.4 Å². The van der Waals surface area contributed by atoms with E-state index in [1.165, 1.54) is 0 Å². The van der Waals surface area contributed by atoms with Crippen LogP contribution in [0.25, 0.3) is 0 Å². The van der Waals surface area contributed by atoms with Crippen LogP contribution in [0.2, 0.25) is 0 Å². The van der Waals surface area contributed by atoms with Crippen LogP contribution in [0.5, 0.6) is 0 Å². The lowest BCUT2D eigenvalue weighted by Crippen LogP contribution is -2.43. The molecule has 5 nitrogen and oxygen atoms in total. The summed E-state index contributed by atoms with van der Waals surface area (Å²) in [6, 6.07) is 8.60. The van der Waals surface area contributed by atoms with E-state index in [9.17, 15) is 4.79 Å². The van der Waals surface area contributed by atoms with E-state index in [2.05, 4.69) is 10.6 Å². The van der Waals surface area contributed by atoms with Gasteiger partial charge in [0, 0.05) is 18.3 Å². The summed E-state index contributed by atoms with van der Waals surface area (Å²) in [6.07, 6.45) is 2.26. The van der Waals surface area contributed by atoms with Crippen molar-refractivity contribution in [1.29, 1.82) is 5.26 Å². The Balaban J connectivity index is 1.91. The highest BCUT2D eigenvalue weighted by molar-refractivity contribution is 5.89. The van der Waals surface area contributed by atoms with Gasteiger partial charge in [0.15, 0.2) is 0 Å². The molecule has 94 valence electrons. The van der Waals surface area contributed by atoms with E-state index in [0.717, 1.165) is 12.8 Å². The highest BCUT2D eigenvalue weighted by Crippen LogP contribution is 2.32. The second-order valence-electron chi connectivity index (χ2n) is 4.47. The van der Waals surface area contributed by atoms with Crippen molar-refractivity contribution in [2.45, 2.75) is 18.9 Å². The number of anilines is 1. The topological polar surface area (TPSA) is 90.9 Å². The van der Waals surface area contributed by atoms with Gasteiger partial charge in [0.25, 0.3) is 0 Å². The summed E-state index contributed by atoms with van der Waals surface area (Å²) in [4.78, 5) is 11.8. The van der Waals surface area contributed by atoms with E-state index in [1.807, 2.05) is 6.07 Å². The van der Waals surface area contributed by atoms with E-state index in [0.29, 0.717) is 23.7 Å². The van der Waals surface area contributed by atoms with Crippen molar-refractivity contribution in [3.05, 3.63) is 29.8 Å². The summed E-state index contributed by atoms with van der Waals surface area (Å²) in [5, 5.41) is 14.3. The number of benzene rings is 1. The molecule has 4 N–H and O–H groups in total. The molecular weight excluding hydrogens is 228 g/mol. The number of carbonyl (C=O) groups is 1. The minimum atomic E-state index is -0.271. The van der Waals surface area contributed by atoms with Gasteiger partial charge in [-0.15, -0.1) is 0 Å². The molecule has 5 heteroatoms. The second-order valence-corrected chi connectivity index (χ2v) is 4.47. The van der Waals surface area contributed by atoms with E-state index in [-0.39, 0.29) is 12.1 Å². The van der Waals surface area contributed by atoms with Crippen molar-refractivity contribution < 1.29 is 4.79 Å². The molecule has 1 atom stereocenters. The molecule has 0 heterocycles. The SMILES string of the molecule is N#Cc1cccc(NC(=O)NC(CN)C2CC2)c1. The third-order valence-electron chi connectivity index (χ3n) is 3.01. The maximum atomic E-state index is 11.8. The van der Waals surface area contributed by atoms with Crippen LogP contribution in [0.3, 0.4) is 0 Å². The molecule has 18 heavy (non-hydrogen) atoms. The van der Waals surface area contributed by atoms with Gasteiger partial charge >= 0.3 is 6.03 Å². The fraction of sp³-hybridized carbons (Fsp3) is 0.385. The van der Waals surface area contributed by atoms with Crippen molar-refractivity contribution in [2.24, 2.45) is 11.7 Å². The molecule has 1 aromatic rings. The number of carbonyl (C=O) groups excluding carboxylic acids is 1. The normalized spacial score (nSPS) is 15.6. The van der Waals surface area contributed by atoms with Crippen molar-refractivity contribution in [2.75, 3.05) is 11.9 Å². The lowest BCUT2D eigenvalue weighted by molar-refractivity contribution is 0.247. The summed E-state index contributed by atoms with van der Waals surface area (Å²) in [5.74, 6) is 0.520. The van der Waals surface area contributed by atoms with E-state index >= 15 is 0 Å². The van der Waals surface area contributed by atoms with Crippen LogP contribution in [0.15, 0.2) is 24.3 Å². The standard InChI is InChI=1S/C13H16N4O/c14-7-9-2-1-3-11(6-9)16-13(18)17-12(8-15)10-4-5-10/h1-3,6,10,12H,4-5,8,15H2,(H2,16,17,18). The third kappa shape index (κ3) is 3.22. The van der Waals surface area contributed by atoms with Gasteiger partial charge in [-0.1, -0.05) is 6.07 Å². The maximum Gasteiger partial charge on any atom is 0.319 e. The number of nitrogens with zero attached hydrogens (tertiary/aromatic N) is 1. The average Bonchev–Trinajstić information content (AvgIpc) is 3.20. The molecule has 2 amide bonds. The first-order valence-electron chi connectivity index (χ1n) is 6.00. The number of hydrogen-bond donors (Lipinski definition) is 3. The van der Waals surface area contributed by atoms with Gasteiger partial charge in [-0.2, -0.15) is 5.26 Å². The molecule has 1 aromatic carbocycles. The minimum Gasteiger partial charge on any atom is -0.334 e. The fourth-order valence-corrected chi connectivity index (χ4v) is 1.87. The molecule has 1 saturated carbocycles. The average molecular weight is 244 g/mol. The molecule has 0 radical (unpaired) electrons. The molecule has 0 saturated heterocycles. The van der Waals surface area contributed by atoms with Crippen molar-refractivity contribution >= 4 is 11.7 Å². The van der Waals surface area contributed by atoms with E-state index < -0.39 is 0 Å². The van der Waals surface area contributed by atoms with Crippen molar-refractivity contribution in [3.63, 3.8) is 0 Å². The number of nitrogens with two attached hydrogens (primary N) is 1. The number of nitriles is 1. The van der Waals surface area contributed by atoms with Crippen LogP contribution in [0, 0.1) is 17.2 Å². The van der Waals surface area contributed by atoms with E-state index in [1.54, 1.807) is 24.3 Å². The Labute approximate surface area is 106 Å². The monoisotopic (exact) mass is 244 g/mol. The first-order chi connectivity index (χ1) is 8.72. The Bertz CT molecular complexity index is 476. The van der Waals surface area contributed by atoms with Crippen LogP contribution >= 0.6 is 0 Å². The highest BCUT2D eigenvalue weighted by atomic mass is 16.2. The number of amides is 2. The second kappa shape index (κ2) is 5.52. The first kappa shape index (κ1) is 12.4. The summed E-state index contributed by atoms with van der Waals surface area (Å²) in [5.41, 5.74) is 6.74. The molecular formula is C13H16N4O. The fourth-order valence-electron chi connectivity index (χ4n) is 1.87. The summed E-state index contributed by atoms with van der Waals surface area (Å²) in [6.45, 7) is 0.455. The van der Waals surface area contributed by atoms with Crippen molar-refractivity contribution in [3.8, 4) is 6.07 Å². The predicted octanol–water partition coefficient (Wildman–Crippen LogP) is 1.42. The van der Waals surface area contributed by atoms with Gasteiger partial charge in [0.05, 0.1) is 11.6 Å². The summed E-state index contributed by atoms with van der Waals surface area (Å²) >= 11 is 0. The molecule has 0 spiro atoms. The Morgan fingerprint density at radius 1 is 1.56 bits per heavy atom. The largest absolute Gasteiger partial charge is 0.334 e. The zero-order valence-electron chi connectivity index (χ0n) is 10.0. The zero-order chi connectivity index (χ0) is 13.0. The van der Waals surface area contributed by atoms with Gasteiger partial charge in [-0.25, -0.2) is 4.79 Å². The van der Waals surface area contributed by atoms with Crippen LogP contribution in [-0.2, 0) is 0 Å². The molecule has 2 rings (SSSR count). The summed E-state index contributed by atoms with van der Waals surface area (Å²) in [7, 11) is 0. The van der Waals surface area contributed by atoms with Crippen LogP contribution in [-0.4, -0.2) is 18.6 Å². The number of urea groups is 1. The molecule has 1 aliphatic carbocycles. The predicted molar refractivity (Wildman–Crippen MR) is 68.9 cm³/mol. The molecule has 1 fully saturated rings. The van der Waals surface area contributed by atoms with Crippen LogP contribution in [0.4, 0.5) is 10.5 Å².